The Morgan fingerprint density at radius 1 is 0.917 bits per heavy atom. The summed E-state index contributed by atoms with van der Waals surface area (Å²) in [6, 6.07) is 22.2. The van der Waals surface area contributed by atoms with Crippen molar-refractivity contribution in [2.24, 2.45) is 5.41 Å². The van der Waals surface area contributed by atoms with Crippen LogP contribution in [0.5, 0.6) is 5.75 Å². The van der Waals surface area contributed by atoms with Crippen molar-refractivity contribution in [2.75, 3.05) is 32.8 Å². The molecule has 3 aromatic carbocycles. The molecule has 6 heteroatoms. The van der Waals surface area contributed by atoms with Crippen LogP contribution in [-0.2, 0) is 4.79 Å². The molecule has 3 aromatic rings. The lowest BCUT2D eigenvalue weighted by atomic mass is 9.78. The fraction of sp³-hybridized carbons (Fsp3) is 0.400. The van der Waals surface area contributed by atoms with E-state index in [2.05, 4.69) is 36.5 Å². The molecule has 36 heavy (non-hydrogen) atoms. The highest BCUT2D eigenvalue weighted by Crippen LogP contribution is 2.40. The molecule has 6 nitrogen and oxygen atoms in total. The number of carbonyl (C=O) groups excluding carboxylic acids is 2. The molecule has 188 valence electrons. The van der Waals surface area contributed by atoms with Gasteiger partial charge in [-0.15, -0.1) is 0 Å². The van der Waals surface area contributed by atoms with E-state index in [0.717, 1.165) is 62.3 Å². The second-order valence-corrected chi connectivity index (χ2v) is 10.3. The molecule has 2 aliphatic rings. The van der Waals surface area contributed by atoms with Crippen LogP contribution in [0.4, 0.5) is 4.79 Å². The van der Waals surface area contributed by atoms with Gasteiger partial charge in [-0.05, 0) is 66.5 Å². The predicted octanol–water partition coefficient (Wildman–Crippen LogP) is 5.31. The van der Waals surface area contributed by atoms with Gasteiger partial charge in [0.25, 0.3) is 5.91 Å². The molecule has 2 heterocycles. The lowest BCUT2D eigenvalue weighted by molar-refractivity contribution is -0.135. The van der Waals surface area contributed by atoms with Crippen LogP contribution in [0, 0.1) is 12.3 Å². The number of aryl methyl sites for hydroxylation is 1. The fourth-order valence-corrected chi connectivity index (χ4v) is 5.68. The van der Waals surface area contributed by atoms with E-state index in [1.807, 2.05) is 59.2 Å². The highest BCUT2D eigenvalue weighted by Gasteiger charge is 2.43. The van der Waals surface area contributed by atoms with Crippen molar-refractivity contribution in [1.82, 2.24) is 15.1 Å². The summed E-state index contributed by atoms with van der Waals surface area (Å²) in [4.78, 5) is 29.7. The van der Waals surface area contributed by atoms with Crippen LogP contribution in [0.25, 0.3) is 10.8 Å². The maximum atomic E-state index is 13.1. The highest BCUT2D eigenvalue weighted by molar-refractivity contribution is 5.86. The molecule has 1 spiro atoms. The van der Waals surface area contributed by atoms with E-state index in [1.54, 1.807) is 0 Å². The van der Waals surface area contributed by atoms with Gasteiger partial charge in [0.15, 0.2) is 6.61 Å². The van der Waals surface area contributed by atoms with Crippen LogP contribution in [0.1, 0.15) is 43.4 Å². The molecule has 0 saturated carbocycles. The van der Waals surface area contributed by atoms with Crippen molar-refractivity contribution in [1.29, 1.82) is 0 Å². The molecule has 3 amide bonds. The molecule has 1 unspecified atom stereocenters. The third kappa shape index (κ3) is 5.03. The van der Waals surface area contributed by atoms with Crippen LogP contribution in [0.3, 0.4) is 0 Å². The van der Waals surface area contributed by atoms with Gasteiger partial charge in [0.1, 0.15) is 5.75 Å². The summed E-state index contributed by atoms with van der Waals surface area (Å²) in [7, 11) is 0. The van der Waals surface area contributed by atoms with E-state index in [9.17, 15) is 9.59 Å². The van der Waals surface area contributed by atoms with Crippen molar-refractivity contribution in [3.05, 3.63) is 77.9 Å². The Kier molecular flexibility index (Phi) is 6.86. The summed E-state index contributed by atoms with van der Waals surface area (Å²) in [6.07, 6.45) is 2.84. The minimum atomic E-state index is -0.0760. The largest absolute Gasteiger partial charge is 0.484 e. The molecule has 1 atom stereocenters. The fourth-order valence-electron chi connectivity index (χ4n) is 5.68. The molecule has 5 rings (SSSR count). The zero-order valence-corrected chi connectivity index (χ0v) is 21.2. The summed E-state index contributed by atoms with van der Waals surface area (Å²) < 4.78 is 5.77. The quantitative estimate of drug-likeness (QED) is 0.533. The number of nitrogens with zero attached hydrogens (tertiary/aromatic N) is 2. The van der Waals surface area contributed by atoms with Gasteiger partial charge < -0.3 is 19.9 Å². The van der Waals surface area contributed by atoms with Crippen molar-refractivity contribution < 1.29 is 14.3 Å². The number of amides is 3. The van der Waals surface area contributed by atoms with Crippen molar-refractivity contribution in [3.8, 4) is 5.75 Å². The van der Waals surface area contributed by atoms with Gasteiger partial charge in [-0.25, -0.2) is 4.79 Å². The first-order chi connectivity index (χ1) is 17.4. The average Bonchev–Trinajstić information content (AvgIpc) is 3.31. The Hall–Kier alpha value is -3.54. The van der Waals surface area contributed by atoms with E-state index >= 15 is 0 Å². The molecular formula is C30H35N3O3. The van der Waals surface area contributed by atoms with E-state index in [-0.39, 0.29) is 30.0 Å². The molecule has 2 fully saturated rings. The van der Waals surface area contributed by atoms with E-state index < -0.39 is 0 Å². The summed E-state index contributed by atoms with van der Waals surface area (Å²) >= 11 is 0. The van der Waals surface area contributed by atoms with E-state index in [4.69, 9.17) is 4.74 Å². The van der Waals surface area contributed by atoms with Gasteiger partial charge >= 0.3 is 6.03 Å². The lowest BCUT2D eigenvalue weighted by Crippen LogP contribution is -2.47. The maximum absolute atomic E-state index is 13.1. The Morgan fingerprint density at radius 2 is 1.58 bits per heavy atom. The SMILES string of the molecule is Cc1ccccc1OCC(=O)N1CCC2(CC1)CCN(C(=O)NC(C)c1cccc3ccccc13)C2. The number of benzene rings is 3. The minimum absolute atomic E-state index is 0.00236. The minimum Gasteiger partial charge on any atom is -0.484 e. The summed E-state index contributed by atoms with van der Waals surface area (Å²) in [5.74, 6) is 0.791. The molecular weight excluding hydrogens is 450 g/mol. The second-order valence-electron chi connectivity index (χ2n) is 10.3. The first kappa shape index (κ1) is 24.2. The van der Waals surface area contributed by atoms with Crippen molar-refractivity contribution >= 4 is 22.7 Å². The summed E-state index contributed by atoms with van der Waals surface area (Å²) in [5, 5.41) is 5.58. The first-order valence-corrected chi connectivity index (χ1v) is 12.9. The lowest BCUT2D eigenvalue weighted by Gasteiger charge is -2.39. The third-order valence-corrected chi connectivity index (χ3v) is 7.98. The first-order valence-electron chi connectivity index (χ1n) is 12.9. The number of fused-ring (bicyclic) bond motifs is 1. The zero-order chi connectivity index (χ0) is 25.1. The molecule has 0 radical (unpaired) electrons. The summed E-state index contributed by atoms with van der Waals surface area (Å²) in [5.41, 5.74) is 2.27. The Morgan fingerprint density at radius 3 is 2.36 bits per heavy atom. The molecule has 0 aromatic heterocycles. The van der Waals surface area contributed by atoms with Crippen molar-refractivity contribution in [2.45, 2.75) is 39.2 Å². The number of carbonyl (C=O) groups is 2. The monoisotopic (exact) mass is 485 g/mol. The number of likely N-dealkylation sites (tertiary alicyclic amines) is 2. The van der Waals surface area contributed by atoms with Crippen LogP contribution in [-0.4, -0.2) is 54.5 Å². The van der Waals surface area contributed by atoms with Gasteiger partial charge in [-0.3, -0.25) is 4.79 Å². The van der Waals surface area contributed by atoms with Crippen LogP contribution >= 0.6 is 0 Å². The molecule has 2 saturated heterocycles. The van der Waals surface area contributed by atoms with Crippen LogP contribution in [0.15, 0.2) is 66.7 Å². The van der Waals surface area contributed by atoms with Crippen LogP contribution in [0.2, 0.25) is 0 Å². The van der Waals surface area contributed by atoms with Gasteiger partial charge in [-0.2, -0.15) is 0 Å². The van der Waals surface area contributed by atoms with Crippen molar-refractivity contribution in [3.63, 3.8) is 0 Å². The number of nitrogens with one attached hydrogen (secondary N) is 1. The number of ether oxygens (including phenoxy) is 1. The highest BCUT2D eigenvalue weighted by atomic mass is 16.5. The predicted molar refractivity (Wildman–Crippen MR) is 142 cm³/mol. The normalized spacial score (nSPS) is 17.8. The molecule has 0 bridgehead atoms. The van der Waals surface area contributed by atoms with Gasteiger partial charge in [-0.1, -0.05) is 60.7 Å². The molecule has 2 aliphatic heterocycles. The number of para-hydroxylation sites is 1. The number of urea groups is 1. The Balaban J connectivity index is 1.13. The third-order valence-electron chi connectivity index (χ3n) is 7.98. The van der Waals surface area contributed by atoms with E-state index in [1.165, 1.54) is 10.8 Å². The zero-order valence-electron chi connectivity index (χ0n) is 21.2. The number of hydrogen-bond acceptors (Lipinski definition) is 3. The Bertz CT molecular complexity index is 1240. The number of hydrogen-bond donors (Lipinski definition) is 1. The number of piperidine rings is 1. The smallest absolute Gasteiger partial charge is 0.317 e. The number of rotatable bonds is 5. The Labute approximate surface area is 213 Å². The summed E-state index contributed by atoms with van der Waals surface area (Å²) in [6.45, 7) is 7.05. The second kappa shape index (κ2) is 10.2. The standard InChI is InChI=1S/C30H35N3O3/c1-22-8-3-6-13-27(22)36-20-28(34)32-17-14-30(15-18-32)16-19-33(21-30)29(35)31-23(2)25-12-7-10-24-9-4-5-11-26(24)25/h3-13,23H,14-21H2,1-2H3,(H,31,35). The maximum Gasteiger partial charge on any atom is 0.317 e. The van der Waals surface area contributed by atoms with E-state index in [0.29, 0.717) is 0 Å². The average molecular weight is 486 g/mol. The topological polar surface area (TPSA) is 61.9 Å². The molecule has 0 aliphatic carbocycles. The molecule has 1 N–H and O–H groups in total. The van der Waals surface area contributed by atoms with Gasteiger partial charge in [0.05, 0.1) is 6.04 Å². The van der Waals surface area contributed by atoms with Gasteiger partial charge in [0.2, 0.25) is 0 Å². The van der Waals surface area contributed by atoms with Gasteiger partial charge in [0, 0.05) is 26.2 Å². The van der Waals surface area contributed by atoms with Crippen LogP contribution < -0.4 is 10.1 Å².